The summed E-state index contributed by atoms with van der Waals surface area (Å²) in [5.41, 5.74) is -0.0768. The summed E-state index contributed by atoms with van der Waals surface area (Å²) in [6.07, 6.45) is -5.30. The Bertz CT molecular complexity index is 481. The van der Waals surface area contributed by atoms with Crippen LogP contribution >= 0.6 is 0 Å². The third-order valence-electron chi connectivity index (χ3n) is 1.59. The summed E-state index contributed by atoms with van der Waals surface area (Å²) in [6, 6.07) is 3.45. The molecule has 1 heterocycles. The Morgan fingerprint density at radius 3 is 2.65 bits per heavy atom. The topological polar surface area (TPSA) is 89.0 Å². The van der Waals surface area contributed by atoms with E-state index in [0.717, 1.165) is 12.1 Å². The van der Waals surface area contributed by atoms with Gasteiger partial charge in [-0.25, -0.2) is 0 Å². The second kappa shape index (κ2) is 4.65. The van der Waals surface area contributed by atoms with Gasteiger partial charge in [0.05, 0.1) is 18.1 Å². The van der Waals surface area contributed by atoms with E-state index in [2.05, 4.69) is 9.72 Å². The molecule has 0 radical (unpaired) electrons. The van der Waals surface area contributed by atoms with Gasteiger partial charge in [0.25, 0.3) is 0 Å². The van der Waals surface area contributed by atoms with Crippen molar-refractivity contribution in [1.29, 1.82) is 5.26 Å². The first-order chi connectivity index (χ1) is 7.83. The van der Waals surface area contributed by atoms with Crippen LogP contribution in [0.5, 0.6) is 5.88 Å². The molecule has 0 aliphatic rings. The summed E-state index contributed by atoms with van der Waals surface area (Å²) in [5, 5.41) is 18.9. The Labute approximate surface area is 92.4 Å². The first-order valence-electron chi connectivity index (χ1n) is 4.10. The average molecular weight is 247 g/mol. The van der Waals surface area contributed by atoms with Gasteiger partial charge >= 0.3 is 18.1 Å². The van der Waals surface area contributed by atoms with Crippen LogP contribution in [0.2, 0.25) is 0 Å². The van der Waals surface area contributed by atoms with Crippen molar-refractivity contribution in [2.75, 3.05) is 0 Å². The molecule has 0 unspecified atom stereocenters. The zero-order valence-electron chi connectivity index (χ0n) is 8.06. The highest BCUT2D eigenvalue weighted by Crippen LogP contribution is 2.25. The number of halogens is 3. The lowest BCUT2D eigenvalue weighted by Crippen LogP contribution is -2.18. The van der Waals surface area contributed by atoms with Crippen LogP contribution in [0, 0.1) is 21.4 Å². The quantitative estimate of drug-likeness (QED) is 0.601. The van der Waals surface area contributed by atoms with Crippen molar-refractivity contribution >= 4 is 5.82 Å². The molecule has 1 aromatic heterocycles. The predicted octanol–water partition coefficient (Wildman–Crippen LogP) is 1.95. The van der Waals surface area contributed by atoms with Crippen LogP contribution in [-0.2, 0) is 6.42 Å². The number of hydrogen-bond acceptors (Lipinski definition) is 5. The Morgan fingerprint density at radius 2 is 2.18 bits per heavy atom. The molecule has 0 atom stereocenters. The highest BCUT2D eigenvalue weighted by molar-refractivity contribution is 5.37. The number of hydrogen-bond donors (Lipinski definition) is 0. The Morgan fingerprint density at radius 1 is 1.53 bits per heavy atom. The van der Waals surface area contributed by atoms with Crippen LogP contribution in [-0.4, -0.2) is 16.3 Å². The summed E-state index contributed by atoms with van der Waals surface area (Å²) in [6.45, 7) is 0. The van der Waals surface area contributed by atoms with Gasteiger partial charge in [-0.2, -0.15) is 5.26 Å². The second-order valence-electron chi connectivity index (χ2n) is 2.77. The van der Waals surface area contributed by atoms with Gasteiger partial charge < -0.3 is 14.9 Å². The lowest BCUT2D eigenvalue weighted by Gasteiger charge is -2.05. The summed E-state index contributed by atoms with van der Waals surface area (Å²) < 4.78 is 38.9. The van der Waals surface area contributed by atoms with Crippen molar-refractivity contribution in [2.45, 2.75) is 12.8 Å². The zero-order chi connectivity index (χ0) is 13.1. The van der Waals surface area contributed by atoms with Crippen molar-refractivity contribution in [1.82, 2.24) is 4.98 Å². The highest BCUT2D eigenvalue weighted by Gasteiger charge is 2.34. The van der Waals surface area contributed by atoms with E-state index in [1.54, 1.807) is 6.07 Å². The van der Waals surface area contributed by atoms with Gasteiger partial charge in [0, 0.05) is 11.1 Å². The van der Waals surface area contributed by atoms with E-state index in [9.17, 15) is 23.3 Å². The molecule has 0 fully saturated rings. The van der Waals surface area contributed by atoms with Crippen molar-refractivity contribution in [2.24, 2.45) is 0 Å². The van der Waals surface area contributed by atoms with E-state index in [1.807, 2.05) is 0 Å². The Hall–Kier alpha value is -2.37. The van der Waals surface area contributed by atoms with Crippen LogP contribution in [0.1, 0.15) is 5.56 Å². The van der Waals surface area contributed by atoms with Crippen LogP contribution in [0.15, 0.2) is 12.1 Å². The number of nitrogens with zero attached hydrogens (tertiary/aromatic N) is 3. The van der Waals surface area contributed by atoms with Gasteiger partial charge in [0.15, 0.2) is 0 Å². The van der Waals surface area contributed by atoms with Gasteiger partial charge in [-0.15, -0.1) is 13.2 Å². The first-order valence-corrected chi connectivity index (χ1v) is 4.10. The van der Waals surface area contributed by atoms with Crippen molar-refractivity contribution < 1.29 is 22.8 Å². The fourth-order valence-corrected chi connectivity index (χ4v) is 1.02. The van der Waals surface area contributed by atoms with E-state index >= 15 is 0 Å². The standard InChI is InChI=1S/C8H4F3N3O3/c9-8(10,11)17-6-2-1-5(3-4-12)7(13-6)14(15)16/h1-2H,3H2. The van der Waals surface area contributed by atoms with E-state index in [0.29, 0.717) is 0 Å². The van der Waals surface area contributed by atoms with Gasteiger partial charge in [-0.05, 0) is 11.0 Å². The van der Waals surface area contributed by atoms with Crippen molar-refractivity contribution in [3.05, 3.63) is 27.8 Å². The summed E-state index contributed by atoms with van der Waals surface area (Å²) >= 11 is 0. The number of nitro groups is 1. The molecule has 0 aromatic carbocycles. The smallest absolute Gasteiger partial charge is 0.366 e. The largest absolute Gasteiger partial charge is 0.575 e. The molecular weight excluding hydrogens is 243 g/mol. The van der Waals surface area contributed by atoms with E-state index in [4.69, 9.17) is 5.26 Å². The minimum absolute atomic E-state index is 0.0768. The third-order valence-corrected chi connectivity index (χ3v) is 1.59. The SMILES string of the molecule is N#CCc1ccc(OC(F)(F)F)nc1[N+](=O)[O-]. The minimum Gasteiger partial charge on any atom is -0.366 e. The normalized spacial score (nSPS) is 10.7. The maximum atomic E-state index is 11.8. The number of ether oxygens (including phenoxy) is 1. The molecule has 0 spiro atoms. The summed E-state index contributed by atoms with van der Waals surface area (Å²) in [4.78, 5) is 12.6. The molecule has 0 bridgehead atoms. The van der Waals surface area contributed by atoms with Gasteiger partial charge in [0.2, 0.25) is 0 Å². The maximum Gasteiger partial charge on any atom is 0.575 e. The number of nitriles is 1. The number of pyridine rings is 1. The number of rotatable bonds is 3. The third kappa shape index (κ3) is 3.60. The summed E-state index contributed by atoms with van der Waals surface area (Å²) in [7, 11) is 0. The molecule has 0 amide bonds. The molecule has 0 N–H and O–H groups in total. The molecule has 6 nitrogen and oxygen atoms in total. The maximum absolute atomic E-state index is 11.8. The molecule has 17 heavy (non-hydrogen) atoms. The molecule has 1 aromatic rings. The van der Waals surface area contributed by atoms with Gasteiger partial charge in [0.1, 0.15) is 0 Å². The van der Waals surface area contributed by atoms with Crippen molar-refractivity contribution in [3.8, 4) is 11.9 Å². The monoisotopic (exact) mass is 247 g/mol. The molecule has 0 saturated heterocycles. The van der Waals surface area contributed by atoms with E-state index < -0.39 is 23.0 Å². The van der Waals surface area contributed by atoms with E-state index in [1.165, 1.54) is 0 Å². The molecule has 90 valence electrons. The molecule has 0 aliphatic heterocycles. The Balaban J connectivity index is 3.11. The first kappa shape index (κ1) is 12.7. The lowest BCUT2D eigenvalue weighted by atomic mass is 10.2. The highest BCUT2D eigenvalue weighted by atomic mass is 19.4. The van der Waals surface area contributed by atoms with E-state index in [-0.39, 0.29) is 12.0 Å². The van der Waals surface area contributed by atoms with Crippen LogP contribution in [0.4, 0.5) is 19.0 Å². The molecule has 1 rings (SSSR count). The number of alkyl halides is 3. The van der Waals surface area contributed by atoms with Crippen LogP contribution in [0.25, 0.3) is 0 Å². The molecular formula is C8H4F3N3O3. The number of aromatic nitrogens is 1. The predicted molar refractivity (Wildman–Crippen MR) is 46.9 cm³/mol. The fraction of sp³-hybridized carbons (Fsp3) is 0.250. The zero-order valence-corrected chi connectivity index (χ0v) is 8.06. The fourth-order valence-electron chi connectivity index (χ4n) is 1.02. The van der Waals surface area contributed by atoms with Gasteiger partial charge in [-0.1, -0.05) is 0 Å². The van der Waals surface area contributed by atoms with Gasteiger partial charge in [-0.3, -0.25) is 0 Å². The lowest BCUT2D eigenvalue weighted by molar-refractivity contribution is -0.390. The average Bonchev–Trinajstić information content (AvgIpc) is 2.18. The van der Waals surface area contributed by atoms with Crippen LogP contribution < -0.4 is 4.74 Å². The van der Waals surface area contributed by atoms with Crippen LogP contribution in [0.3, 0.4) is 0 Å². The summed E-state index contributed by atoms with van der Waals surface area (Å²) in [5.74, 6) is -1.76. The molecule has 0 saturated carbocycles. The van der Waals surface area contributed by atoms with Crippen molar-refractivity contribution in [3.63, 3.8) is 0 Å². The second-order valence-corrected chi connectivity index (χ2v) is 2.77. The molecule has 0 aliphatic carbocycles. The minimum atomic E-state index is -4.97. The molecule has 9 heteroatoms. The Kier molecular flexibility index (Phi) is 3.47.